The second-order valence-electron chi connectivity index (χ2n) is 6.39. The molecule has 1 N–H and O–H groups in total. The van der Waals surface area contributed by atoms with Crippen molar-refractivity contribution in [2.45, 2.75) is 64.5 Å². The van der Waals surface area contributed by atoms with Gasteiger partial charge in [-0.25, -0.2) is 0 Å². The van der Waals surface area contributed by atoms with Gasteiger partial charge in [0, 0.05) is 12.0 Å². The lowest BCUT2D eigenvalue weighted by Crippen LogP contribution is -2.36. The van der Waals surface area contributed by atoms with E-state index >= 15 is 0 Å². The second kappa shape index (κ2) is 6.01. The van der Waals surface area contributed by atoms with Crippen LogP contribution in [-0.4, -0.2) is 35.0 Å². The number of rotatable bonds is 5. The van der Waals surface area contributed by atoms with E-state index in [2.05, 4.69) is 43.2 Å². The van der Waals surface area contributed by atoms with E-state index in [0.717, 1.165) is 37.6 Å². The van der Waals surface area contributed by atoms with Crippen LogP contribution in [0.25, 0.3) is 0 Å². The summed E-state index contributed by atoms with van der Waals surface area (Å²) >= 11 is 0. The summed E-state index contributed by atoms with van der Waals surface area (Å²) in [5.74, 6) is 1.76. The maximum atomic E-state index is 5.72. The molecule has 0 radical (unpaired) electrons. The Kier molecular flexibility index (Phi) is 4.58. The first-order chi connectivity index (χ1) is 8.94. The van der Waals surface area contributed by atoms with E-state index in [4.69, 9.17) is 9.15 Å². The van der Waals surface area contributed by atoms with Gasteiger partial charge in [0.2, 0.25) is 11.8 Å². The molecule has 1 aromatic rings. The van der Waals surface area contributed by atoms with Crippen LogP contribution in [0.15, 0.2) is 4.42 Å². The molecule has 1 aliphatic rings. The van der Waals surface area contributed by atoms with Gasteiger partial charge in [0.1, 0.15) is 0 Å². The summed E-state index contributed by atoms with van der Waals surface area (Å²) in [5, 5.41) is 11.7. The molecule has 1 aliphatic heterocycles. The molecule has 0 bridgehead atoms. The third-order valence-electron chi connectivity index (χ3n) is 3.25. The van der Waals surface area contributed by atoms with Gasteiger partial charge in [-0.1, -0.05) is 0 Å². The zero-order valence-electron chi connectivity index (χ0n) is 12.4. The van der Waals surface area contributed by atoms with E-state index in [-0.39, 0.29) is 11.5 Å². The van der Waals surface area contributed by atoms with Crippen LogP contribution in [0.4, 0.5) is 0 Å². The highest BCUT2D eigenvalue weighted by Crippen LogP contribution is 2.28. The molecule has 2 heterocycles. The topological polar surface area (TPSA) is 60.2 Å². The van der Waals surface area contributed by atoms with Crippen molar-refractivity contribution in [3.05, 3.63) is 11.8 Å². The first-order valence-electron chi connectivity index (χ1n) is 7.13. The van der Waals surface area contributed by atoms with Crippen LogP contribution in [0.5, 0.6) is 0 Å². The summed E-state index contributed by atoms with van der Waals surface area (Å²) in [6, 6.07) is 0. The zero-order chi connectivity index (χ0) is 13.9. The third kappa shape index (κ3) is 4.58. The van der Waals surface area contributed by atoms with Gasteiger partial charge in [-0.2, -0.15) is 0 Å². The number of aromatic nitrogens is 2. The third-order valence-corrected chi connectivity index (χ3v) is 3.25. The molecule has 0 amide bonds. The van der Waals surface area contributed by atoms with E-state index in [1.807, 2.05) is 0 Å². The fourth-order valence-electron chi connectivity index (χ4n) is 2.22. The number of hydrogen-bond donors (Lipinski definition) is 1. The van der Waals surface area contributed by atoms with Crippen LogP contribution < -0.4 is 5.32 Å². The molecule has 2 unspecified atom stereocenters. The average Bonchev–Trinajstić information content (AvgIpc) is 2.92. The first kappa shape index (κ1) is 14.5. The highest BCUT2D eigenvalue weighted by molar-refractivity contribution is 4.95. The fraction of sp³-hybridized carbons (Fsp3) is 0.857. The van der Waals surface area contributed by atoms with Crippen molar-refractivity contribution in [2.75, 3.05) is 13.2 Å². The molecule has 1 saturated heterocycles. The Morgan fingerprint density at radius 1 is 1.32 bits per heavy atom. The molecule has 0 saturated carbocycles. The summed E-state index contributed by atoms with van der Waals surface area (Å²) < 4.78 is 11.2. The lowest BCUT2D eigenvalue weighted by atomic mass is 10.1. The maximum Gasteiger partial charge on any atom is 0.222 e. The van der Waals surface area contributed by atoms with Crippen molar-refractivity contribution in [1.82, 2.24) is 15.5 Å². The molecule has 108 valence electrons. The normalized spacial score (nSPS) is 24.0. The van der Waals surface area contributed by atoms with Crippen molar-refractivity contribution in [2.24, 2.45) is 0 Å². The molecule has 0 aliphatic carbocycles. The molecular weight excluding hydrogens is 242 g/mol. The van der Waals surface area contributed by atoms with E-state index in [1.165, 1.54) is 0 Å². The fourth-order valence-corrected chi connectivity index (χ4v) is 2.22. The Balaban J connectivity index is 1.75. The summed E-state index contributed by atoms with van der Waals surface area (Å²) in [5.41, 5.74) is 0.164. The van der Waals surface area contributed by atoms with Crippen LogP contribution in [0.1, 0.15) is 58.2 Å². The van der Waals surface area contributed by atoms with Gasteiger partial charge in [-0.15, -0.1) is 10.2 Å². The molecule has 0 aromatic carbocycles. The van der Waals surface area contributed by atoms with Crippen LogP contribution in [0, 0.1) is 0 Å². The van der Waals surface area contributed by atoms with E-state index in [1.54, 1.807) is 0 Å². The number of nitrogens with zero attached hydrogens (tertiary/aromatic N) is 2. The number of aryl methyl sites for hydroxylation is 1. The van der Waals surface area contributed by atoms with Crippen molar-refractivity contribution >= 4 is 0 Å². The van der Waals surface area contributed by atoms with Crippen molar-refractivity contribution < 1.29 is 9.15 Å². The van der Waals surface area contributed by atoms with Gasteiger partial charge in [0.25, 0.3) is 0 Å². The highest BCUT2D eigenvalue weighted by atomic mass is 16.5. The smallest absolute Gasteiger partial charge is 0.222 e. The molecule has 1 aromatic heterocycles. The predicted octanol–water partition coefficient (Wildman–Crippen LogP) is 2.28. The molecule has 2 atom stereocenters. The van der Waals surface area contributed by atoms with Crippen LogP contribution in [-0.2, 0) is 11.2 Å². The monoisotopic (exact) mass is 267 g/mol. The quantitative estimate of drug-likeness (QED) is 0.829. The van der Waals surface area contributed by atoms with E-state index < -0.39 is 0 Å². The van der Waals surface area contributed by atoms with Gasteiger partial charge < -0.3 is 14.5 Å². The minimum atomic E-state index is 0.164. The largest absolute Gasteiger partial charge is 0.425 e. The summed E-state index contributed by atoms with van der Waals surface area (Å²) in [7, 11) is 0. The summed E-state index contributed by atoms with van der Waals surface area (Å²) in [6.07, 6.45) is 3.12. The van der Waals surface area contributed by atoms with Crippen molar-refractivity contribution in [3.8, 4) is 0 Å². The molecule has 0 spiro atoms. The predicted molar refractivity (Wildman–Crippen MR) is 73.1 cm³/mol. The van der Waals surface area contributed by atoms with Gasteiger partial charge in [0.05, 0.1) is 18.6 Å². The Morgan fingerprint density at radius 3 is 2.74 bits per heavy atom. The van der Waals surface area contributed by atoms with Gasteiger partial charge in [-0.3, -0.25) is 0 Å². The summed E-state index contributed by atoms with van der Waals surface area (Å²) in [4.78, 5) is 0. The average molecular weight is 267 g/mol. The minimum absolute atomic E-state index is 0.164. The SMILES string of the molecule is CC1CC(c2nnc(CCCNC(C)(C)C)o2)CO1. The number of ether oxygens (including phenoxy) is 1. The van der Waals surface area contributed by atoms with Crippen molar-refractivity contribution in [3.63, 3.8) is 0 Å². The Hall–Kier alpha value is -0.940. The van der Waals surface area contributed by atoms with Crippen LogP contribution in [0.2, 0.25) is 0 Å². The first-order valence-corrected chi connectivity index (χ1v) is 7.13. The standard InChI is InChI=1S/C14H25N3O2/c1-10-8-11(9-18-10)13-17-16-12(19-13)6-5-7-15-14(2,3)4/h10-11,15H,5-9H2,1-4H3. The highest BCUT2D eigenvalue weighted by Gasteiger charge is 2.27. The number of hydrogen-bond acceptors (Lipinski definition) is 5. The molecule has 1 fully saturated rings. The Morgan fingerprint density at radius 2 is 2.11 bits per heavy atom. The Labute approximate surface area is 115 Å². The van der Waals surface area contributed by atoms with Crippen LogP contribution in [0.3, 0.4) is 0 Å². The van der Waals surface area contributed by atoms with Crippen molar-refractivity contribution in [1.29, 1.82) is 0 Å². The minimum Gasteiger partial charge on any atom is -0.425 e. The molecule has 5 heteroatoms. The molecule has 19 heavy (non-hydrogen) atoms. The summed E-state index contributed by atoms with van der Waals surface area (Å²) in [6.45, 7) is 10.2. The van der Waals surface area contributed by atoms with E-state index in [9.17, 15) is 0 Å². The lowest BCUT2D eigenvalue weighted by Gasteiger charge is -2.19. The number of nitrogens with one attached hydrogen (secondary N) is 1. The molecule has 2 rings (SSSR count). The van der Waals surface area contributed by atoms with Crippen LogP contribution >= 0.6 is 0 Å². The van der Waals surface area contributed by atoms with Gasteiger partial charge in [-0.05, 0) is 47.1 Å². The maximum absolute atomic E-state index is 5.72. The van der Waals surface area contributed by atoms with E-state index in [0.29, 0.717) is 12.7 Å². The van der Waals surface area contributed by atoms with Gasteiger partial charge >= 0.3 is 0 Å². The Bertz CT molecular complexity index is 398. The molecule has 5 nitrogen and oxygen atoms in total. The lowest BCUT2D eigenvalue weighted by molar-refractivity contribution is 0.122. The molecular formula is C14H25N3O2. The van der Waals surface area contributed by atoms with Gasteiger partial charge in [0.15, 0.2) is 0 Å². The second-order valence-corrected chi connectivity index (χ2v) is 6.39. The zero-order valence-corrected chi connectivity index (χ0v) is 12.4.